The Labute approximate surface area is 194 Å². The molecule has 1 aromatic carbocycles. The Morgan fingerprint density at radius 1 is 1.21 bits per heavy atom. The fourth-order valence-corrected chi connectivity index (χ4v) is 3.71. The SMILES string of the molecule is Cn1ncc(C(=O)N2CCC2)c1C(=O)Nc1ccn2cc(-c3cccc(OCCF)c3)nc2n1. The Balaban J connectivity index is 1.37. The molecule has 4 aromatic rings. The fraction of sp³-hybridized carbons (Fsp3) is 0.261. The molecule has 174 valence electrons. The van der Waals surface area contributed by atoms with Crippen LogP contribution < -0.4 is 10.1 Å². The quantitative estimate of drug-likeness (QED) is 0.452. The lowest BCUT2D eigenvalue weighted by Gasteiger charge is -2.30. The van der Waals surface area contributed by atoms with Crippen LogP contribution in [0.4, 0.5) is 10.2 Å². The van der Waals surface area contributed by atoms with Gasteiger partial charge in [-0.25, -0.2) is 9.37 Å². The Bertz CT molecular complexity index is 1380. The van der Waals surface area contributed by atoms with E-state index in [-0.39, 0.29) is 23.8 Å². The average Bonchev–Trinajstić information content (AvgIpc) is 3.40. The Morgan fingerprint density at radius 2 is 2.06 bits per heavy atom. The smallest absolute Gasteiger partial charge is 0.275 e. The van der Waals surface area contributed by atoms with Gasteiger partial charge in [0.2, 0.25) is 5.78 Å². The van der Waals surface area contributed by atoms with E-state index in [4.69, 9.17) is 4.74 Å². The van der Waals surface area contributed by atoms with Crippen LogP contribution >= 0.6 is 0 Å². The van der Waals surface area contributed by atoms with Crippen molar-refractivity contribution in [2.75, 3.05) is 31.7 Å². The zero-order valence-corrected chi connectivity index (χ0v) is 18.4. The van der Waals surface area contributed by atoms with Crippen molar-refractivity contribution in [2.24, 2.45) is 7.05 Å². The summed E-state index contributed by atoms with van der Waals surface area (Å²) in [4.78, 5) is 36.3. The normalized spacial score (nSPS) is 13.1. The molecule has 0 saturated carbocycles. The minimum atomic E-state index is -0.566. The van der Waals surface area contributed by atoms with Crippen molar-refractivity contribution >= 4 is 23.4 Å². The van der Waals surface area contributed by atoms with Crippen LogP contribution in [0.15, 0.2) is 48.9 Å². The van der Waals surface area contributed by atoms with Crippen molar-refractivity contribution in [3.05, 3.63) is 60.2 Å². The van der Waals surface area contributed by atoms with Gasteiger partial charge in [-0.3, -0.25) is 18.7 Å². The molecule has 34 heavy (non-hydrogen) atoms. The number of ether oxygens (including phenoxy) is 1. The molecule has 11 heteroatoms. The molecule has 1 aliphatic heterocycles. The average molecular weight is 463 g/mol. The number of amides is 2. The Hall–Kier alpha value is -4.28. The molecule has 0 atom stereocenters. The number of fused-ring (bicyclic) bond motifs is 1. The van der Waals surface area contributed by atoms with Crippen molar-refractivity contribution < 1.29 is 18.7 Å². The fourth-order valence-electron chi connectivity index (χ4n) is 3.71. The van der Waals surface area contributed by atoms with Gasteiger partial charge in [-0.1, -0.05) is 12.1 Å². The molecule has 1 aliphatic rings. The van der Waals surface area contributed by atoms with Gasteiger partial charge in [0, 0.05) is 38.1 Å². The molecule has 1 saturated heterocycles. The standard InChI is InChI=1S/C23H22FN7O3/c1-29-20(17(13-25-29)22(33)30-8-3-9-30)21(32)27-19-6-10-31-14-18(26-23(31)28-19)15-4-2-5-16(12-15)34-11-7-24/h2,4-6,10,12-14H,3,7-9,11H2,1H3,(H,26,27,28,32). The summed E-state index contributed by atoms with van der Waals surface area (Å²) in [6, 6.07) is 8.84. The second-order valence-corrected chi connectivity index (χ2v) is 7.84. The summed E-state index contributed by atoms with van der Waals surface area (Å²) in [5.74, 6) is 0.532. The van der Waals surface area contributed by atoms with Crippen LogP contribution in [0.2, 0.25) is 0 Å². The lowest BCUT2D eigenvalue weighted by atomic mass is 10.1. The maximum absolute atomic E-state index is 13.0. The summed E-state index contributed by atoms with van der Waals surface area (Å²) in [7, 11) is 1.62. The summed E-state index contributed by atoms with van der Waals surface area (Å²) in [6.45, 7) is 0.783. The minimum Gasteiger partial charge on any atom is -0.491 e. The summed E-state index contributed by atoms with van der Waals surface area (Å²) < 4.78 is 20.8. The van der Waals surface area contributed by atoms with E-state index in [0.29, 0.717) is 36.1 Å². The third kappa shape index (κ3) is 4.07. The second kappa shape index (κ2) is 8.93. The number of nitrogens with zero attached hydrogens (tertiary/aromatic N) is 6. The van der Waals surface area contributed by atoms with Gasteiger partial charge in [0.1, 0.15) is 30.5 Å². The minimum absolute atomic E-state index is 0.0127. The number of likely N-dealkylation sites (tertiary alicyclic amines) is 1. The molecule has 10 nitrogen and oxygen atoms in total. The zero-order chi connectivity index (χ0) is 23.7. The molecule has 1 fully saturated rings. The number of benzene rings is 1. The molecule has 4 heterocycles. The number of aryl methyl sites for hydroxylation is 1. The number of imidazole rings is 1. The lowest BCUT2D eigenvalue weighted by molar-refractivity contribution is 0.0648. The first kappa shape index (κ1) is 21.6. The van der Waals surface area contributed by atoms with Gasteiger partial charge in [-0.2, -0.15) is 10.1 Å². The van der Waals surface area contributed by atoms with Gasteiger partial charge in [0.05, 0.1) is 17.5 Å². The van der Waals surface area contributed by atoms with Gasteiger partial charge in [0.25, 0.3) is 11.8 Å². The van der Waals surface area contributed by atoms with Crippen molar-refractivity contribution in [2.45, 2.75) is 6.42 Å². The molecule has 1 N–H and O–H groups in total. The van der Waals surface area contributed by atoms with Gasteiger partial charge in [-0.05, 0) is 24.6 Å². The van der Waals surface area contributed by atoms with Crippen LogP contribution in [0, 0.1) is 0 Å². The Kier molecular flexibility index (Phi) is 5.66. The van der Waals surface area contributed by atoms with E-state index in [1.807, 2.05) is 6.07 Å². The highest BCUT2D eigenvalue weighted by molar-refractivity contribution is 6.10. The van der Waals surface area contributed by atoms with E-state index in [9.17, 15) is 14.0 Å². The molecular weight excluding hydrogens is 441 g/mol. The number of hydrogen-bond donors (Lipinski definition) is 1. The van der Waals surface area contributed by atoms with Crippen LogP contribution in [0.3, 0.4) is 0 Å². The van der Waals surface area contributed by atoms with Gasteiger partial charge in [-0.15, -0.1) is 0 Å². The van der Waals surface area contributed by atoms with Crippen LogP contribution in [-0.2, 0) is 7.05 Å². The number of hydrogen-bond acceptors (Lipinski definition) is 6. The van der Waals surface area contributed by atoms with E-state index < -0.39 is 12.6 Å². The van der Waals surface area contributed by atoms with E-state index >= 15 is 0 Å². The topological polar surface area (TPSA) is 107 Å². The zero-order valence-electron chi connectivity index (χ0n) is 18.4. The maximum atomic E-state index is 13.0. The lowest BCUT2D eigenvalue weighted by Crippen LogP contribution is -2.42. The van der Waals surface area contributed by atoms with Gasteiger partial charge < -0.3 is 15.0 Å². The predicted molar refractivity (Wildman–Crippen MR) is 122 cm³/mol. The van der Waals surface area contributed by atoms with Crippen LogP contribution in [0.1, 0.15) is 27.3 Å². The third-order valence-corrected chi connectivity index (χ3v) is 5.57. The highest BCUT2D eigenvalue weighted by Gasteiger charge is 2.28. The van der Waals surface area contributed by atoms with E-state index in [0.717, 1.165) is 12.0 Å². The third-order valence-electron chi connectivity index (χ3n) is 5.57. The monoisotopic (exact) mass is 463 g/mol. The molecule has 0 radical (unpaired) electrons. The summed E-state index contributed by atoms with van der Waals surface area (Å²) >= 11 is 0. The highest BCUT2D eigenvalue weighted by atomic mass is 19.1. The van der Waals surface area contributed by atoms with E-state index in [1.54, 1.807) is 53.0 Å². The molecule has 0 unspecified atom stereocenters. The van der Waals surface area contributed by atoms with Crippen molar-refractivity contribution in [1.29, 1.82) is 0 Å². The van der Waals surface area contributed by atoms with Crippen molar-refractivity contribution in [1.82, 2.24) is 29.0 Å². The van der Waals surface area contributed by atoms with Gasteiger partial charge >= 0.3 is 0 Å². The number of anilines is 1. The van der Waals surface area contributed by atoms with E-state index in [1.165, 1.54) is 10.9 Å². The number of nitrogens with one attached hydrogen (secondary N) is 1. The molecule has 0 spiro atoms. The molecule has 0 aliphatic carbocycles. The summed E-state index contributed by atoms with van der Waals surface area (Å²) in [5.41, 5.74) is 1.87. The highest BCUT2D eigenvalue weighted by Crippen LogP contribution is 2.24. The van der Waals surface area contributed by atoms with Crippen molar-refractivity contribution in [3.8, 4) is 17.0 Å². The first-order valence-corrected chi connectivity index (χ1v) is 10.8. The van der Waals surface area contributed by atoms with E-state index in [2.05, 4.69) is 20.4 Å². The second-order valence-electron chi connectivity index (χ2n) is 7.84. The molecular formula is C23H22FN7O3. The molecule has 5 rings (SSSR count). The molecule has 2 amide bonds. The first-order chi connectivity index (χ1) is 16.5. The largest absolute Gasteiger partial charge is 0.491 e. The van der Waals surface area contributed by atoms with Crippen LogP contribution in [0.5, 0.6) is 5.75 Å². The van der Waals surface area contributed by atoms with Crippen LogP contribution in [-0.4, -0.2) is 67.2 Å². The summed E-state index contributed by atoms with van der Waals surface area (Å²) in [6.07, 6.45) is 5.90. The summed E-state index contributed by atoms with van der Waals surface area (Å²) in [5, 5.41) is 6.83. The number of alkyl halides is 1. The Morgan fingerprint density at radius 3 is 2.82 bits per heavy atom. The van der Waals surface area contributed by atoms with Gasteiger partial charge in [0.15, 0.2) is 0 Å². The number of carbonyl (C=O) groups excluding carboxylic acids is 2. The number of carbonyl (C=O) groups is 2. The number of aromatic nitrogens is 5. The van der Waals surface area contributed by atoms with Crippen molar-refractivity contribution in [3.63, 3.8) is 0 Å². The maximum Gasteiger partial charge on any atom is 0.275 e. The predicted octanol–water partition coefficient (Wildman–Crippen LogP) is 2.58. The molecule has 0 bridgehead atoms. The number of halogens is 1. The first-order valence-electron chi connectivity index (χ1n) is 10.8. The van der Waals surface area contributed by atoms with Crippen LogP contribution in [0.25, 0.3) is 17.0 Å². The number of rotatable bonds is 7. The molecule has 3 aromatic heterocycles.